The number of aryl methyl sites for hydroxylation is 2. The van der Waals surface area contributed by atoms with E-state index in [4.69, 9.17) is 0 Å². The molecule has 0 fully saturated rings. The molecule has 0 aromatic carbocycles. The lowest BCUT2D eigenvalue weighted by atomic mass is 10.3. The summed E-state index contributed by atoms with van der Waals surface area (Å²) in [6.07, 6.45) is 5.43. The summed E-state index contributed by atoms with van der Waals surface area (Å²) < 4.78 is 2.27. The molecule has 0 radical (unpaired) electrons. The fraction of sp³-hybridized carbons (Fsp3) is 0.111. The summed E-state index contributed by atoms with van der Waals surface area (Å²) in [5.74, 6) is 0.567. The molecule has 4 aromatic rings. The van der Waals surface area contributed by atoms with Crippen LogP contribution in [0.3, 0.4) is 0 Å². The first kappa shape index (κ1) is 15.9. The molecule has 0 atom stereocenters. The van der Waals surface area contributed by atoms with E-state index in [9.17, 15) is 4.79 Å². The zero-order valence-corrected chi connectivity index (χ0v) is 15.3. The van der Waals surface area contributed by atoms with Crippen molar-refractivity contribution in [2.24, 2.45) is 0 Å². The van der Waals surface area contributed by atoms with Crippen LogP contribution in [0.15, 0.2) is 40.0 Å². The maximum atomic E-state index is 13.0. The minimum absolute atomic E-state index is 0.0785. The van der Waals surface area contributed by atoms with Gasteiger partial charge in [0.1, 0.15) is 10.5 Å². The van der Waals surface area contributed by atoms with Crippen molar-refractivity contribution in [3.05, 3.63) is 67.7 Å². The highest BCUT2D eigenvalue weighted by molar-refractivity contribution is 7.17. The van der Waals surface area contributed by atoms with Gasteiger partial charge in [0, 0.05) is 11.6 Å². The highest BCUT2D eigenvalue weighted by Gasteiger charge is 2.14. The summed E-state index contributed by atoms with van der Waals surface area (Å²) in [6.45, 7) is 3.85. The molecule has 0 aliphatic carbocycles. The zero-order chi connectivity index (χ0) is 17.4. The van der Waals surface area contributed by atoms with Gasteiger partial charge in [-0.1, -0.05) is 0 Å². The minimum atomic E-state index is -0.0785. The molecule has 0 aliphatic heterocycles. The standard InChI is InChI=1S/C18H14N4OS2/c1-11-15(4-3-8-19-11)22-16(6-5-13-10-25-12(2)20-13)21-14-7-9-24-17(14)18(22)23/h3-10H,1-2H3. The Morgan fingerprint density at radius 1 is 1.12 bits per heavy atom. The molecule has 4 aromatic heterocycles. The van der Waals surface area contributed by atoms with Crippen LogP contribution in [0.5, 0.6) is 0 Å². The molecule has 4 rings (SSSR count). The van der Waals surface area contributed by atoms with Gasteiger partial charge in [-0.2, -0.15) is 0 Å². The second-order valence-corrected chi connectivity index (χ2v) is 7.46. The van der Waals surface area contributed by atoms with E-state index >= 15 is 0 Å². The van der Waals surface area contributed by atoms with Gasteiger partial charge in [0.05, 0.1) is 27.6 Å². The van der Waals surface area contributed by atoms with Gasteiger partial charge in [-0.05, 0) is 49.6 Å². The van der Waals surface area contributed by atoms with Crippen LogP contribution in [-0.4, -0.2) is 19.5 Å². The normalized spacial score (nSPS) is 11.6. The largest absolute Gasteiger partial charge is 0.276 e. The van der Waals surface area contributed by atoms with E-state index in [-0.39, 0.29) is 5.56 Å². The second-order valence-electron chi connectivity index (χ2n) is 5.48. The number of hydrogen-bond donors (Lipinski definition) is 0. The number of pyridine rings is 1. The average molecular weight is 366 g/mol. The average Bonchev–Trinajstić information content (AvgIpc) is 3.23. The Hall–Kier alpha value is -2.64. The van der Waals surface area contributed by atoms with Crippen molar-refractivity contribution in [3.63, 3.8) is 0 Å². The van der Waals surface area contributed by atoms with E-state index < -0.39 is 0 Å². The van der Waals surface area contributed by atoms with Gasteiger partial charge in [-0.15, -0.1) is 22.7 Å². The lowest BCUT2D eigenvalue weighted by Gasteiger charge is -2.11. The summed E-state index contributed by atoms with van der Waals surface area (Å²) in [5.41, 5.74) is 3.01. The van der Waals surface area contributed by atoms with Crippen molar-refractivity contribution in [1.82, 2.24) is 19.5 Å². The van der Waals surface area contributed by atoms with E-state index in [1.165, 1.54) is 11.3 Å². The third-order valence-corrected chi connectivity index (χ3v) is 5.45. The Balaban J connectivity index is 1.96. The molecule has 0 spiro atoms. The van der Waals surface area contributed by atoms with Crippen LogP contribution in [0.1, 0.15) is 22.2 Å². The van der Waals surface area contributed by atoms with E-state index in [2.05, 4.69) is 15.0 Å². The van der Waals surface area contributed by atoms with Crippen molar-refractivity contribution in [1.29, 1.82) is 0 Å². The van der Waals surface area contributed by atoms with Crippen LogP contribution in [0.2, 0.25) is 0 Å². The number of fused-ring (bicyclic) bond motifs is 1. The van der Waals surface area contributed by atoms with Crippen LogP contribution in [0.25, 0.3) is 28.1 Å². The molecular formula is C18H14N4OS2. The molecule has 0 saturated carbocycles. The third-order valence-electron chi connectivity index (χ3n) is 3.77. The molecule has 0 saturated heterocycles. The fourth-order valence-corrected chi connectivity index (χ4v) is 3.94. The highest BCUT2D eigenvalue weighted by atomic mass is 32.1. The fourth-order valence-electron chi connectivity index (χ4n) is 2.60. The van der Waals surface area contributed by atoms with E-state index in [0.29, 0.717) is 16.0 Å². The molecule has 25 heavy (non-hydrogen) atoms. The lowest BCUT2D eigenvalue weighted by molar-refractivity contribution is 0.922. The van der Waals surface area contributed by atoms with Gasteiger partial charge in [0.15, 0.2) is 0 Å². The summed E-state index contributed by atoms with van der Waals surface area (Å²) in [4.78, 5) is 26.4. The Bertz CT molecular complexity index is 1150. The Kier molecular flexibility index (Phi) is 4.03. The van der Waals surface area contributed by atoms with Crippen molar-refractivity contribution in [3.8, 4) is 5.69 Å². The van der Waals surface area contributed by atoms with Crippen LogP contribution in [0, 0.1) is 13.8 Å². The topological polar surface area (TPSA) is 60.7 Å². The number of rotatable bonds is 3. The van der Waals surface area contributed by atoms with Gasteiger partial charge in [-0.3, -0.25) is 14.3 Å². The van der Waals surface area contributed by atoms with Crippen molar-refractivity contribution in [2.45, 2.75) is 13.8 Å². The molecular weight excluding hydrogens is 352 g/mol. The van der Waals surface area contributed by atoms with E-state index in [1.54, 1.807) is 22.1 Å². The number of thiazole rings is 1. The molecule has 124 valence electrons. The van der Waals surface area contributed by atoms with Crippen molar-refractivity contribution >= 4 is 45.0 Å². The molecule has 7 heteroatoms. The van der Waals surface area contributed by atoms with Gasteiger partial charge < -0.3 is 0 Å². The monoisotopic (exact) mass is 366 g/mol. The van der Waals surface area contributed by atoms with Gasteiger partial charge in [-0.25, -0.2) is 9.97 Å². The van der Waals surface area contributed by atoms with Gasteiger partial charge in [0.25, 0.3) is 5.56 Å². The maximum absolute atomic E-state index is 13.0. The smallest absolute Gasteiger partial charge is 0.267 e. The van der Waals surface area contributed by atoms with Crippen molar-refractivity contribution in [2.75, 3.05) is 0 Å². The summed E-state index contributed by atoms with van der Waals surface area (Å²) in [6, 6.07) is 5.58. The number of aromatic nitrogens is 4. The SMILES string of the molecule is Cc1nc(C=Cc2nc3ccsc3c(=O)n2-c2cccnc2C)cs1. The van der Waals surface area contributed by atoms with Crippen LogP contribution < -0.4 is 5.56 Å². The number of thiophene rings is 1. The van der Waals surface area contributed by atoms with E-state index in [0.717, 1.165) is 22.1 Å². The van der Waals surface area contributed by atoms with Crippen LogP contribution in [0.4, 0.5) is 0 Å². The highest BCUT2D eigenvalue weighted by Crippen LogP contribution is 2.20. The predicted octanol–water partition coefficient (Wildman–Crippen LogP) is 4.09. The first-order valence-electron chi connectivity index (χ1n) is 7.66. The number of hydrogen-bond acceptors (Lipinski definition) is 6. The molecule has 0 unspecified atom stereocenters. The molecule has 0 aliphatic rings. The molecule has 5 nitrogen and oxygen atoms in total. The minimum Gasteiger partial charge on any atom is -0.267 e. The zero-order valence-electron chi connectivity index (χ0n) is 13.6. The van der Waals surface area contributed by atoms with Crippen molar-refractivity contribution < 1.29 is 0 Å². The van der Waals surface area contributed by atoms with E-state index in [1.807, 2.05) is 55.0 Å². The first-order valence-corrected chi connectivity index (χ1v) is 9.42. The first-order chi connectivity index (χ1) is 12.1. The molecule has 0 bridgehead atoms. The summed E-state index contributed by atoms with van der Waals surface area (Å²) in [7, 11) is 0. The van der Waals surface area contributed by atoms with Crippen LogP contribution in [-0.2, 0) is 0 Å². The molecule has 0 amide bonds. The Labute approximate surface area is 152 Å². The predicted molar refractivity (Wildman–Crippen MR) is 104 cm³/mol. The molecule has 4 heterocycles. The summed E-state index contributed by atoms with van der Waals surface area (Å²) >= 11 is 2.99. The van der Waals surface area contributed by atoms with Crippen LogP contribution >= 0.6 is 22.7 Å². The van der Waals surface area contributed by atoms with Gasteiger partial charge in [0.2, 0.25) is 0 Å². The molecule has 0 N–H and O–H groups in total. The Morgan fingerprint density at radius 3 is 2.76 bits per heavy atom. The number of nitrogens with zero attached hydrogens (tertiary/aromatic N) is 4. The lowest BCUT2D eigenvalue weighted by Crippen LogP contribution is -2.22. The Morgan fingerprint density at radius 2 is 2.00 bits per heavy atom. The quantitative estimate of drug-likeness (QED) is 0.548. The third kappa shape index (κ3) is 2.92. The summed E-state index contributed by atoms with van der Waals surface area (Å²) in [5, 5.41) is 4.87. The maximum Gasteiger partial charge on any atom is 0.276 e. The van der Waals surface area contributed by atoms with Gasteiger partial charge >= 0.3 is 0 Å². The second kappa shape index (κ2) is 6.34.